The van der Waals surface area contributed by atoms with Crippen molar-refractivity contribution in [3.63, 3.8) is 0 Å². The molecule has 0 aliphatic rings. The van der Waals surface area contributed by atoms with E-state index in [1.165, 1.54) is 0 Å². The molecule has 13 heavy (non-hydrogen) atoms. The van der Waals surface area contributed by atoms with Crippen LogP contribution in [0.15, 0.2) is 12.1 Å². The average Bonchev–Trinajstić information content (AvgIpc) is 2.10. The Hall–Kier alpha value is -0.830. The summed E-state index contributed by atoms with van der Waals surface area (Å²) in [5.41, 5.74) is 9.11. The molecule has 0 saturated carbocycles. The summed E-state index contributed by atoms with van der Waals surface area (Å²) in [4.78, 5) is 11.4. The van der Waals surface area contributed by atoms with Gasteiger partial charge in [0.05, 0.1) is 5.33 Å². The maximum absolute atomic E-state index is 11.4. The molecule has 2 nitrogen and oxygen atoms in total. The smallest absolute Gasteiger partial charge is 0.175 e. The molecule has 0 radical (unpaired) electrons. The molecule has 1 aromatic rings. The standard InChI is InChI=1S/C10H12BrNO/c1-6-3-8(10(13)5-11)9(12)4-7(6)2/h3-4H,5,12H2,1-2H3. The number of carbonyl (C=O) groups is 1. The molecule has 2 N–H and O–H groups in total. The number of aryl methyl sites for hydroxylation is 2. The lowest BCUT2D eigenvalue weighted by Crippen LogP contribution is -2.05. The van der Waals surface area contributed by atoms with Gasteiger partial charge in [-0.25, -0.2) is 0 Å². The Morgan fingerprint density at radius 1 is 1.38 bits per heavy atom. The normalized spacial score (nSPS) is 10.1. The fraction of sp³-hybridized carbons (Fsp3) is 0.300. The Bertz CT molecular complexity index is 347. The summed E-state index contributed by atoms with van der Waals surface area (Å²) in [6, 6.07) is 3.68. The third-order valence-corrected chi connectivity index (χ3v) is 2.60. The second-order valence-corrected chi connectivity index (χ2v) is 3.64. The first-order chi connectivity index (χ1) is 6.06. The van der Waals surface area contributed by atoms with Crippen molar-refractivity contribution in [2.24, 2.45) is 0 Å². The van der Waals surface area contributed by atoms with Crippen LogP contribution in [-0.4, -0.2) is 11.1 Å². The van der Waals surface area contributed by atoms with Gasteiger partial charge in [-0.1, -0.05) is 15.9 Å². The molecule has 0 spiro atoms. The van der Waals surface area contributed by atoms with E-state index in [0.29, 0.717) is 16.6 Å². The minimum atomic E-state index is 0.0283. The van der Waals surface area contributed by atoms with E-state index in [2.05, 4.69) is 15.9 Å². The third-order valence-electron chi connectivity index (χ3n) is 2.09. The summed E-state index contributed by atoms with van der Waals surface area (Å²) >= 11 is 3.12. The van der Waals surface area contributed by atoms with Gasteiger partial charge < -0.3 is 5.73 Å². The van der Waals surface area contributed by atoms with Crippen LogP contribution in [0.5, 0.6) is 0 Å². The molecule has 0 aliphatic carbocycles. The van der Waals surface area contributed by atoms with Crippen molar-refractivity contribution in [2.75, 3.05) is 11.1 Å². The van der Waals surface area contributed by atoms with Crippen LogP contribution in [0.1, 0.15) is 21.5 Å². The Balaban J connectivity index is 3.23. The van der Waals surface area contributed by atoms with Gasteiger partial charge in [-0.15, -0.1) is 0 Å². The molecular formula is C10H12BrNO. The summed E-state index contributed by atoms with van der Waals surface area (Å²) in [7, 11) is 0. The quantitative estimate of drug-likeness (QED) is 0.491. The number of anilines is 1. The minimum Gasteiger partial charge on any atom is -0.398 e. The van der Waals surface area contributed by atoms with E-state index in [-0.39, 0.29) is 5.78 Å². The average molecular weight is 242 g/mol. The lowest BCUT2D eigenvalue weighted by Gasteiger charge is -2.06. The van der Waals surface area contributed by atoms with Crippen LogP contribution < -0.4 is 5.73 Å². The van der Waals surface area contributed by atoms with Gasteiger partial charge in [0.1, 0.15) is 0 Å². The number of rotatable bonds is 2. The van der Waals surface area contributed by atoms with Gasteiger partial charge in [0.25, 0.3) is 0 Å². The maximum Gasteiger partial charge on any atom is 0.175 e. The highest BCUT2D eigenvalue weighted by molar-refractivity contribution is 9.09. The highest BCUT2D eigenvalue weighted by atomic mass is 79.9. The monoisotopic (exact) mass is 241 g/mol. The van der Waals surface area contributed by atoms with Crippen molar-refractivity contribution in [3.05, 3.63) is 28.8 Å². The van der Waals surface area contributed by atoms with Gasteiger partial charge in [-0.05, 0) is 37.1 Å². The second kappa shape index (κ2) is 3.92. The SMILES string of the molecule is Cc1cc(N)c(C(=O)CBr)cc1C. The Morgan fingerprint density at radius 3 is 2.46 bits per heavy atom. The molecular weight excluding hydrogens is 230 g/mol. The zero-order valence-electron chi connectivity index (χ0n) is 7.73. The van der Waals surface area contributed by atoms with Gasteiger partial charge >= 0.3 is 0 Å². The molecule has 1 rings (SSSR count). The van der Waals surface area contributed by atoms with Gasteiger partial charge in [0.15, 0.2) is 5.78 Å². The van der Waals surface area contributed by atoms with Gasteiger partial charge in [-0.2, -0.15) is 0 Å². The van der Waals surface area contributed by atoms with Crippen molar-refractivity contribution in [3.8, 4) is 0 Å². The van der Waals surface area contributed by atoms with Crippen LogP contribution in [-0.2, 0) is 0 Å². The fourth-order valence-electron chi connectivity index (χ4n) is 1.15. The molecule has 1 aromatic carbocycles. The molecule has 0 aliphatic heterocycles. The van der Waals surface area contributed by atoms with Gasteiger partial charge in [-0.3, -0.25) is 4.79 Å². The Morgan fingerprint density at radius 2 is 1.92 bits per heavy atom. The van der Waals surface area contributed by atoms with Crippen LogP contribution in [0, 0.1) is 13.8 Å². The van der Waals surface area contributed by atoms with Crippen molar-refractivity contribution in [1.29, 1.82) is 0 Å². The molecule has 0 saturated heterocycles. The maximum atomic E-state index is 11.4. The lowest BCUT2D eigenvalue weighted by molar-refractivity contribution is 0.102. The molecule has 3 heteroatoms. The van der Waals surface area contributed by atoms with Crippen LogP contribution in [0.25, 0.3) is 0 Å². The summed E-state index contributed by atoms with van der Waals surface area (Å²) in [6.45, 7) is 3.95. The molecule has 0 unspecified atom stereocenters. The van der Waals surface area contributed by atoms with Gasteiger partial charge in [0, 0.05) is 11.3 Å². The van der Waals surface area contributed by atoms with Crippen molar-refractivity contribution >= 4 is 27.4 Å². The largest absolute Gasteiger partial charge is 0.398 e. The van der Waals surface area contributed by atoms with E-state index >= 15 is 0 Å². The number of halogens is 1. The summed E-state index contributed by atoms with van der Waals surface area (Å²) in [5.74, 6) is 0.0283. The number of nitrogen functional groups attached to an aromatic ring is 1. The number of nitrogens with two attached hydrogens (primary N) is 1. The summed E-state index contributed by atoms with van der Waals surface area (Å²) in [6.07, 6.45) is 0. The van der Waals surface area contributed by atoms with Crippen LogP contribution in [0.3, 0.4) is 0 Å². The van der Waals surface area contributed by atoms with Crippen LogP contribution in [0.4, 0.5) is 5.69 Å². The van der Waals surface area contributed by atoms with E-state index in [4.69, 9.17) is 5.73 Å². The second-order valence-electron chi connectivity index (χ2n) is 3.08. The van der Waals surface area contributed by atoms with Crippen LogP contribution in [0.2, 0.25) is 0 Å². The van der Waals surface area contributed by atoms with Crippen LogP contribution >= 0.6 is 15.9 Å². The zero-order chi connectivity index (χ0) is 10.0. The molecule has 0 aromatic heterocycles. The molecule has 70 valence electrons. The minimum absolute atomic E-state index is 0.0283. The van der Waals surface area contributed by atoms with Crippen molar-refractivity contribution in [2.45, 2.75) is 13.8 Å². The number of benzene rings is 1. The number of Topliss-reactive ketones (excluding diaryl/α,β-unsaturated/α-hetero) is 1. The van der Waals surface area contributed by atoms with E-state index in [9.17, 15) is 4.79 Å². The number of ketones is 1. The Kier molecular flexibility index (Phi) is 3.09. The van der Waals surface area contributed by atoms with E-state index in [1.54, 1.807) is 0 Å². The van der Waals surface area contributed by atoms with E-state index < -0.39 is 0 Å². The first kappa shape index (κ1) is 10.3. The molecule has 0 atom stereocenters. The summed E-state index contributed by atoms with van der Waals surface area (Å²) < 4.78 is 0. The zero-order valence-corrected chi connectivity index (χ0v) is 9.31. The number of hydrogen-bond donors (Lipinski definition) is 1. The first-order valence-electron chi connectivity index (χ1n) is 4.02. The third kappa shape index (κ3) is 2.10. The number of hydrogen-bond acceptors (Lipinski definition) is 2. The predicted octanol–water partition coefficient (Wildman–Crippen LogP) is 2.46. The van der Waals surface area contributed by atoms with Crippen molar-refractivity contribution in [1.82, 2.24) is 0 Å². The van der Waals surface area contributed by atoms with E-state index in [0.717, 1.165) is 11.1 Å². The first-order valence-corrected chi connectivity index (χ1v) is 5.14. The highest BCUT2D eigenvalue weighted by Gasteiger charge is 2.09. The van der Waals surface area contributed by atoms with Crippen molar-refractivity contribution < 1.29 is 4.79 Å². The fourth-order valence-corrected chi connectivity index (χ4v) is 1.45. The highest BCUT2D eigenvalue weighted by Crippen LogP contribution is 2.18. The topological polar surface area (TPSA) is 43.1 Å². The number of carbonyl (C=O) groups excluding carboxylic acids is 1. The predicted molar refractivity (Wildman–Crippen MR) is 58.5 cm³/mol. The molecule has 0 amide bonds. The Labute approximate surface area is 86.3 Å². The molecule has 0 fully saturated rings. The molecule has 0 heterocycles. The van der Waals surface area contributed by atoms with Gasteiger partial charge in [0.2, 0.25) is 0 Å². The molecule has 0 bridgehead atoms. The summed E-state index contributed by atoms with van der Waals surface area (Å²) in [5, 5.41) is 0.319. The number of alkyl halides is 1. The van der Waals surface area contributed by atoms with E-state index in [1.807, 2.05) is 26.0 Å². The lowest BCUT2D eigenvalue weighted by atomic mass is 10.0.